The molecule has 26 heavy (non-hydrogen) atoms. The molecule has 1 amide bonds. The third-order valence-electron chi connectivity index (χ3n) is 4.17. The van der Waals surface area contributed by atoms with Gasteiger partial charge in [-0.15, -0.1) is 0 Å². The molecule has 138 valence electrons. The van der Waals surface area contributed by atoms with Crippen LogP contribution in [0.25, 0.3) is 0 Å². The maximum atomic E-state index is 12.0. The molecule has 1 heterocycles. The minimum Gasteiger partial charge on any atom is -0.486 e. The van der Waals surface area contributed by atoms with Crippen LogP contribution in [0.5, 0.6) is 11.5 Å². The van der Waals surface area contributed by atoms with E-state index in [9.17, 15) is 9.90 Å². The molecule has 3 rings (SSSR count). The third-order valence-corrected chi connectivity index (χ3v) is 4.45. The van der Waals surface area contributed by atoms with Crippen LogP contribution in [0, 0.1) is 0 Å². The van der Waals surface area contributed by atoms with Gasteiger partial charge in [-0.25, -0.2) is 0 Å². The van der Waals surface area contributed by atoms with E-state index in [1.54, 1.807) is 12.1 Å². The molecule has 2 aromatic carbocycles. The van der Waals surface area contributed by atoms with E-state index in [0.29, 0.717) is 53.8 Å². The molecular formula is C19H21ClN2O4. The Morgan fingerprint density at radius 3 is 2.85 bits per heavy atom. The van der Waals surface area contributed by atoms with Gasteiger partial charge in [-0.05, 0) is 35.7 Å². The van der Waals surface area contributed by atoms with Crippen molar-refractivity contribution in [1.82, 2.24) is 5.32 Å². The molecule has 0 aromatic heterocycles. The number of nitrogen functional groups attached to an aromatic ring is 1. The molecule has 1 aliphatic rings. The number of aryl methyl sites for hydroxylation is 1. The first kappa shape index (κ1) is 18.4. The predicted octanol–water partition coefficient (Wildman–Crippen LogP) is 2.48. The van der Waals surface area contributed by atoms with Crippen molar-refractivity contribution in [3.63, 3.8) is 0 Å². The SMILES string of the molecule is Nc1ccccc1CCC(=O)NCC(O)c1cc(Cl)c2c(c1)OCCO2. The Morgan fingerprint density at radius 2 is 2.04 bits per heavy atom. The zero-order valence-electron chi connectivity index (χ0n) is 14.2. The molecule has 0 fully saturated rings. The molecule has 0 radical (unpaired) electrons. The number of nitrogens with two attached hydrogens (primary N) is 1. The van der Waals surface area contributed by atoms with Crippen molar-refractivity contribution in [1.29, 1.82) is 0 Å². The number of hydrogen-bond acceptors (Lipinski definition) is 5. The van der Waals surface area contributed by atoms with Gasteiger partial charge in [0.05, 0.1) is 11.1 Å². The van der Waals surface area contributed by atoms with Gasteiger partial charge in [-0.1, -0.05) is 29.8 Å². The fourth-order valence-corrected chi connectivity index (χ4v) is 3.02. The molecule has 1 unspecified atom stereocenters. The fourth-order valence-electron chi connectivity index (χ4n) is 2.75. The highest BCUT2D eigenvalue weighted by Gasteiger charge is 2.19. The molecule has 2 aromatic rings. The second-order valence-electron chi connectivity index (χ2n) is 6.05. The largest absolute Gasteiger partial charge is 0.486 e. The van der Waals surface area contributed by atoms with Gasteiger partial charge < -0.3 is 25.6 Å². The standard InChI is InChI=1S/C19H21ClN2O4/c20-14-9-13(10-17-19(14)26-8-7-25-17)16(23)11-22-18(24)6-5-12-3-1-2-4-15(12)21/h1-4,9-10,16,23H,5-8,11,21H2,(H,22,24). The van der Waals surface area contributed by atoms with Crippen LogP contribution in [0.15, 0.2) is 36.4 Å². The second-order valence-corrected chi connectivity index (χ2v) is 6.45. The summed E-state index contributed by atoms with van der Waals surface area (Å²) in [6.07, 6.45) is -0.0538. The molecular weight excluding hydrogens is 356 g/mol. The van der Waals surface area contributed by atoms with Gasteiger partial charge in [0, 0.05) is 18.7 Å². The number of amides is 1. The van der Waals surface area contributed by atoms with E-state index in [-0.39, 0.29) is 12.5 Å². The molecule has 4 N–H and O–H groups in total. The van der Waals surface area contributed by atoms with E-state index in [1.807, 2.05) is 24.3 Å². The maximum absolute atomic E-state index is 12.0. The summed E-state index contributed by atoms with van der Waals surface area (Å²) in [5.74, 6) is 0.831. The minimum absolute atomic E-state index is 0.0824. The summed E-state index contributed by atoms with van der Waals surface area (Å²) in [6.45, 7) is 0.956. The lowest BCUT2D eigenvalue weighted by Gasteiger charge is -2.21. The average molecular weight is 377 g/mol. The van der Waals surface area contributed by atoms with Crippen molar-refractivity contribution in [2.45, 2.75) is 18.9 Å². The van der Waals surface area contributed by atoms with E-state index in [2.05, 4.69) is 5.32 Å². The van der Waals surface area contributed by atoms with Gasteiger partial charge in [-0.2, -0.15) is 0 Å². The number of hydrogen-bond donors (Lipinski definition) is 3. The van der Waals surface area contributed by atoms with E-state index in [0.717, 1.165) is 5.56 Å². The summed E-state index contributed by atoms with van der Waals surface area (Å²) in [5.41, 5.74) is 8.04. The van der Waals surface area contributed by atoms with Crippen molar-refractivity contribution < 1.29 is 19.4 Å². The highest BCUT2D eigenvalue weighted by Crippen LogP contribution is 2.39. The number of anilines is 1. The zero-order valence-corrected chi connectivity index (χ0v) is 15.0. The van der Waals surface area contributed by atoms with Crippen LogP contribution in [0.2, 0.25) is 5.02 Å². The minimum atomic E-state index is -0.894. The monoisotopic (exact) mass is 376 g/mol. The number of para-hydroxylation sites is 1. The molecule has 1 aliphatic heterocycles. The number of benzene rings is 2. The first-order valence-electron chi connectivity index (χ1n) is 8.42. The van der Waals surface area contributed by atoms with Crippen molar-refractivity contribution in [3.05, 3.63) is 52.5 Å². The summed E-state index contributed by atoms with van der Waals surface area (Å²) >= 11 is 6.17. The molecule has 0 bridgehead atoms. The summed E-state index contributed by atoms with van der Waals surface area (Å²) in [4.78, 5) is 12.0. The van der Waals surface area contributed by atoms with Crippen LogP contribution >= 0.6 is 11.6 Å². The molecule has 0 saturated heterocycles. The lowest BCUT2D eigenvalue weighted by Crippen LogP contribution is -2.28. The van der Waals surface area contributed by atoms with E-state index in [1.165, 1.54) is 0 Å². The van der Waals surface area contributed by atoms with E-state index in [4.69, 9.17) is 26.8 Å². The van der Waals surface area contributed by atoms with Crippen LogP contribution in [0.3, 0.4) is 0 Å². The smallest absolute Gasteiger partial charge is 0.220 e. The molecule has 7 heteroatoms. The maximum Gasteiger partial charge on any atom is 0.220 e. The number of halogens is 1. The molecule has 1 atom stereocenters. The summed E-state index contributed by atoms with van der Waals surface area (Å²) in [6, 6.07) is 10.8. The highest BCUT2D eigenvalue weighted by atomic mass is 35.5. The summed E-state index contributed by atoms with van der Waals surface area (Å²) in [7, 11) is 0. The number of aliphatic hydroxyl groups is 1. The van der Waals surface area contributed by atoms with Crippen LogP contribution in [0.1, 0.15) is 23.7 Å². The molecule has 6 nitrogen and oxygen atoms in total. The molecule has 0 aliphatic carbocycles. The Kier molecular flexibility index (Phi) is 5.85. The molecule has 0 saturated carbocycles. The van der Waals surface area contributed by atoms with Gasteiger partial charge in [0.2, 0.25) is 5.91 Å². The summed E-state index contributed by atoms with van der Waals surface area (Å²) < 4.78 is 11.0. The van der Waals surface area contributed by atoms with Crippen LogP contribution < -0.4 is 20.5 Å². The number of ether oxygens (including phenoxy) is 2. The Bertz CT molecular complexity index is 797. The lowest BCUT2D eigenvalue weighted by atomic mass is 10.1. The Balaban J connectivity index is 1.53. The van der Waals surface area contributed by atoms with Crippen molar-refractivity contribution in [2.75, 3.05) is 25.5 Å². The average Bonchev–Trinajstić information content (AvgIpc) is 2.65. The Hall–Kier alpha value is -2.44. The Morgan fingerprint density at radius 1 is 1.27 bits per heavy atom. The summed E-state index contributed by atoms with van der Waals surface area (Å²) in [5, 5.41) is 13.4. The Labute approximate surface area is 156 Å². The number of fused-ring (bicyclic) bond motifs is 1. The van der Waals surface area contributed by atoms with Crippen LogP contribution in [0.4, 0.5) is 5.69 Å². The molecule has 0 spiro atoms. The van der Waals surface area contributed by atoms with Crippen LogP contribution in [-0.4, -0.2) is 30.8 Å². The number of carbonyl (C=O) groups excluding carboxylic acids is 1. The number of rotatable bonds is 6. The van der Waals surface area contributed by atoms with E-state index < -0.39 is 6.10 Å². The van der Waals surface area contributed by atoms with E-state index >= 15 is 0 Å². The first-order valence-corrected chi connectivity index (χ1v) is 8.79. The van der Waals surface area contributed by atoms with Crippen molar-refractivity contribution in [2.24, 2.45) is 0 Å². The number of nitrogens with one attached hydrogen (secondary N) is 1. The van der Waals surface area contributed by atoms with Gasteiger partial charge in [0.25, 0.3) is 0 Å². The van der Waals surface area contributed by atoms with Crippen molar-refractivity contribution in [3.8, 4) is 11.5 Å². The highest BCUT2D eigenvalue weighted by molar-refractivity contribution is 6.32. The third kappa shape index (κ3) is 4.39. The van der Waals surface area contributed by atoms with Gasteiger partial charge in [-0.3, -0.25) is 4.79 Å². The predicted molar refractivity (Wildman–Crippen MR) is 99.6 cm³/mol. The quantitative estimate of drug-likeness (QED) is 0.673. The van der Waals surface area contributed by atoms with Crippen molar-refractivity contribution >= 4 is 23.2 Å². The lowest BCUT2D eigenvalue weighted by molar-refractivity contribution is -0.121. The van der Waals surface area contributed by atoms with Gasteiger partial charge in [0.1, 0.15) is 13.2 Å². The topological polar surface area (TPSA) is 93.8 Å². The van der Waals surface area contributed by atoms with Gasteiger partial charge >= 0.3 is 0 Å². The normalized spacial score (nSPS) is 13.9. The number of carbonyl (C=O) groups is 1. The van der Waals surface area contributed by atoms with Crippen LogP contribution in [-0.2, 0) is 11.2 Å². The first-order chi connectivity index (χ1) is 12.5. The fraction of sp³-hybridized carbons (Fsp3) is 0.316. The zero-order chi connectivity index (χ0) is 18.5. The van der Waals surface area contributed by atoms with Gasteiger partial charge in [0.15, 0.2) is 11.5 Å². The second kappa shape index (κ2) is 8.29. The number of aliphatic hydroxyl groups excluding tert-OH is 1.